The van der Waals surface area contributed by atoms with E-state index >= 15 is 0 Å². The van der Waals surface area contributed by atoms with Crippen molar-refractivity contribution in [3.63, 3.8) is 0 Å². The maximum absolute atomic E-state index is 13.5. The van der Waals surface area contributed by atoms with Crippen LogP contribution < -0.4 is 5.48 Å². The fraction of sp³-hybridized carbons (Fsp3) is 0. The molecule has 2 aromatic carbocycles. The first kappa shape index (κ1) is 17.6. The average molecular weight is 346 g/mol. The lowest BCUT2D eigenvalue weighted by atomic mass is 10.1. The first-order valence-electron chi connectivity index (χ1n) is 6.90. The van der Waals surface area contributed by atoms with Crippen LogP contribution in [0.4, 0.5) is 4.39 Å². The van der Waals surface area contributed by atoms with E-state index in [1.807, 2.05) is 0 Å². The Morgan fingerprint density at radius 1 is 1.08 bits per heavy atom. The Hall–Kier alpha value is -2.76. The summed E-state index contributed by atoms with van der Waals surface area (Å²) >= 11 is 6.12. The van der Waals surface area contributed by atoms with Crippen molar-refractivity contribution in [3.8, 4) is 0 Å². The molecule has 0 saturated carbocycles. The number of nitrogens with one attached hydrogen (secondary N) is 1. The van der Waals surface area contributed by atoms with Crippen LogP contribution in [0.1, 0.15) is 21.5 Å². The van der Waals surface area contributed by atoms with Crippen molar-refractivity contribution < 1.29 is 19.2 Å². The van der Waals surface area contributed by atoms with E-state index in [9.17, 15) is 14.0 Å². The summed E-state index contributed by atoms with van der Waals surface area (Å²) in [7, 11) is 0. The number of carbonyl (C=O) groups excluding carboxylic acids is 2. The highest BCUT2D eigenvalue weighted by atomic mass is 35.5. The average Bonchev–Trinajstić information content (AvgIpc) is 2.58. The topological polar surface area (TPSA) is 66.4 Å². The summed E-state index contributed by atoms with van der Waals surface area (Å²) in [6.45, 7) is 0. The molecule has 24 heavy (non-hydrogen) atoms. The molecule has 0 bridgehead atoms. The number of ketones is 1. The summed E-state index contributed by atoms with van der Waals surface area (Å²) in [6, 6.07) is 10.7. The van der Waals surface area contributed by atoms with Gasteiger partial charge in [-0.1, -0.05) is 35.9 Å². The van der Waals surface area contributed by atoms with Gasteiger partial charge in [-0.3, -0.25) is 14.8 Å². The van der Waals surface area contributed by atoms with Crippen molar-refractivity contribution in [2.75, 3.05) is 0 Å². The third-order valence-electron chi connectivity index (χ3n) is 3.12. The van der Waals surface area contributed by atoms with Crippen molar-refractivity contribution in [2.45, 2.75) is 0 Å². The summed E-state index contributed by atoms with van der Waals surface area (Å²) in [4.78, 5) is 22.9. The molecular formula is C18H13ClFNO3. The monoisotopic (exact) mass is 345 g/mol. The number of hydrogen-bond donors (Lipinski definition) is 2. The molecule has 0 aliphatic carbocycles. The molecule has 2 N–H and O–H groups in total. The third-order valence-corrected chi connectivity index (χ3v) is 3.44. The molecule has 0 aliphatic rings. The standard InChI is InChI=1S/C18H13ClFNO3/c19-15-11-12(6-10-18(23)21-24)5-7-13(15)8-9-17(22)14-3-1-2-4-16(14)20/h1-11,24H,(H,21,23). The molecule has 0 spiro atoms. The van der Waals surface area contributed by atoms with E-state index < -0.39 is 17.5 Å². The fourth-order valence-electron chi connectivity index (χ4n) is 1.91. The molecule has 1 amide bonds. The number of allylic oxidation sites excluding steroid dienone is 1. The number of rotatable bonds is 5. The second kappa shape index (κ2) is 8.19. The van der Waals surface area contributed by atoms with E-state index in [1.54, 1.807) is 24.3 Å². The molecule has 0 heterocycles. The predicted octanol–water partition coefficient (Wildman–Crippen LogP) is 3.89. The van der Waals surface area contributed by atoms with Gasteiger partial charge in [0.05, 0.1) is 5.56 Å². The molecule has 0 aromatic heterocycles. The van der Waals surface area contributed by atoms with Gasteiger partial charge in [-0.05, 0) is 47.6 Å². The van der Waals surface area contributed by atoms with Gasteiger partial charge in [-0.15, -0.1) is 0 Å². The van der Waals surface area contributed by atoms with Crippen molar-refractivity contribution >= 4 is 35.4 Å². The van der Waals surface area contributed by atoms with Crippen molar-refractivity contribution in [3.05, 3.63) is 82.1 Å². The lowest BCUT2D eigenvalue weighted by Crippen LogP contribution is -2.14. The Kier molecular flexibility index (Phi) is 6.01. The van der Waals surface area contributed by atoms with Gasteiger partial charge >= 0.3 is 0 Å². The Morgan fingerprint density at radius 3 is 2.50 bits per heavy atom. The van der Waals surface area contributed by atoms with Gasteiger partial charge < -0.3 is 0 Å². The molecule has 0 fully saturated rings. The van der Waals surface area contributed by atoms with Crippen LogP contribution in [-0.4, -0.2) is 16.9 Å². The van der Waals surface area contributed by atoms with Crippen LogP contribution in [0.25, 0.3) is 12.2 Å². The van der Waals surface area contributed by atoms with Crippen molar-refractivity contribution in [2.24, 2.45) is 0 Å². The smallest absolute Gasteiger partial charge is 0.267 e. The van der Waals surface area contributed by atoms with Gasteiger partial charge in [0, 0.05) is 11.1 Å². The molecule has 2 aromatic rings. The molecule has 4 nitrogen and oxygen atoms in total. The largest absolute Gasteiger partial charge is 0.289 e. The maximum atomic E-state index is 13.5. The molecule has 122 valence electrons. The van der Waals surface area contributed by atoms with E-state index in [1.165, 1.54) is 41.9 Å². The first-order valence-corrected chi connectivity index (χ1v) is 7.27. The van der Waals surface area contributed by atoms with Crippen LogP contribution in [0, 0.1) is 5.82 Å². The second-order valence-electron chi connectivity index (χ2n) is 4.77. The van der Waals surface area contributed by atoms with E-state index in [2.05, 4.69) is 0 Å². The highest BCUT2D eigenvalue weighted by Gasteiger charge is 2.07. The molecule has 6 heteroatoms. The van der Waals surface area contributed by atoms with Crippen LogP contribution in [0.2, 0.25) is 5.02 Å². The van der Waals surface area contributed by atoms with Gasteiger partial charge in [0.15, 0.2) is 5.78 Å². The van der Waals surface area contributed by atoms with Crippen LogP contribution in [0.15, 0.2) is 54.6 Å². The van der Waals surface area contributed by atoms with Gasteiger partial charge in [-0.25, -0.2) is 9.87 Å². The first-order chi connectivity index (χ1) is 11.5. The van der Waals surface area contributed by atoms with Crippen LogP contribution in [-0.2, 0) is 4.79 Å². The Balaban J connectivity index is 2.16. The zero-order valence-electron chi connectivity index (χ0n) is 12.4. The zero-order valence-corrected chi connectivity index (χ0v) is 13.1. The second-order valence-corrected chi connectivity index (χ2v) is 5.17. The predicted molar refractivity (Wildman–Crippen MR) is 90.2 cm³/mol. The number of hydrogen-bond acceptors (Lipinski definition) is 3. The van der Waals surface area contributed by atoms with Gasteiger partial charge in [0.2, 0.25) is 0 Å². The van der Waals surface area contributed by atoms with Crippen LogP contribution in [0.3, 0.4) is 0 Å². The molecule has 0 radical (unpaired) electrons. The minimum atomic E-state index is -0.662. The van der Waals surface area contributed by atoms with Gasteiger partial charge in [-0.2, -0.15) is 0 Å². The van der Waals surface area contributed by atoms with Gasteiger partial charge in [0.25, 0.3) is 5.91 Å². The Bertz CT molecular complexity index is 831. The molecule has 0 atom stereocenters. The minimum Gasteiger partial charge on any atom is -0.289 e. The number of amides is 1. The van der Waals surface area contributed by atoms with E-state index in [0.29, 0.717) is 16.1 Å². The number of benzene rings is 2. The summed E-state index contributed by atoms with van der Waals surface area (Å²) < 4.78 is 13.5. The van der Waals surface area contributed by atoms with Crippen LogP contribution >= 0.6 is 11.6 Å². The summed E-state index contributed by atoms with van der Waals surface area (Å²) in [5, 5.41) is 8.76. The number of halogens is 2. The number of carbonyl (C=O) groups is 2. The van der Waals surface area contributed by atoms with E-state index in [4.69, 9.17) is 16.8 Å². The van der Waals surface area contributed by atoms with E-state index in [-0.39, 0.29) is 5.56 Å². The highest BCUT2D eigenvalue weighted by Crippen LogP contribution is 2.20. The molecule has 0 unspecified atom stereocenters. The molecule has 2 rings (SSSR count). The lowest BCUT2D eigenvalue weighted by Gasteiger charge is -2.01. The highest BCUT2D eigenvalue weighted by molar-refractivity contribution is 6.32. The summed E-state index contributed by atoms with van der Waals surface area (Å²) in [6.07, 6.45) is 5.34. The summed E-state index contributed by atoms with van der Waals surface area (Å²) in [5.74, 6) is -1.71. The van der Waals surface area contributed by atoms with Crippen LogP contribution in [0.5, 0.6) is 0 Å². The third kappa shape index (κ3) is 4.62. The van der Waals surface area contributed by atoms with Crippen molar-refractivity contribution in [1.29, 1.82) is 0 Å². The van der Waals surface area contributed by atoms with E-state index in [0.717, 1.165) is 6.08 Å². The quantitative estimate of drug-likeness (QED) is 0.374. The molecule has 0 saturated heterocycles. The zero-order chi connectivity index (χ0) is 17.5. The van der Waals surface area contributed by atoms with Crippen molar-refractivity contribution in [1.82, 2.24) is 5.48 Å². The Morgan fingerprint density at radius 2 is 1.83 bits per heavy atom. The van der Waals surface area contributed by atoms with Gasteiger partial charge in [0.1, 0.15) is 5.82 Å². The normalized spacial score (nSPS) is 11.1. The Labute approximate surface area is 142 Å². The minimum absolute atomic E-state index is 0.0144. The fourth-order valence-corrected chi connectivity index (χ4v) is 2.16. The molecule has 0 aliphatic heterocycles. The summed E-state index contributed by atoms with van der Waals surface area (Å²) in [5.41, 5.74) is 2.68. The number of hydroxylamine groups is 1. The maximum Gasteiger partial charge on any atom is 0.267 e. The molecular weight excluding hydrogens is 333 g/mol. The lowest BCUT2D eigenvalue weighted by molar-refractivity contribution is -0.124. The SMILES string of the molecule is O=C(C=Cc1ccc(C=CC(=O)c2ccccc2F)c(Cl)c1)NO.